The number of aliphatic hydroxyl groups excluding tert-OH is 2. The summed E-state index contributed by atoms with van der Waals surface area (Å²) in [5.74, 6) is 0.845. The maximum Gasteiger partial charge on any atom is 0.0564 e. The predicted octanol–water partition coefficient (Wildman–Crippen LogP) is 3.92. The lowest BCUT2D eigenvalue weighted by Gasteiger charge is -2.09. The lowest BCUT2D eigenvalue weighted by Crippen LogP contribution is -2.13. The van der Waals surface area contributed by atoms with Crippen molar-refractivity contribution < 1.29 is 10.2 Å². The summed E-state index contributed by atoms with van der Waals surface area (Å²) in [5, 5.41) is 17.8. The second kappa shape index (κ2) is 13.7. The minimum atomic E-state index is -0.369. The summed E-state index contributed by atoms with van der Waals surface area (Å²) in [6.07, 6.45) is 7.42. The molecule has 0 radical (unpaired) electrons. The molecule has 17 heavy (non-hydrogen) atoms. The molecular weight excluding hydrogens is 212 g/mol. The Morgan fingerprint density at radius 2 is 1.59 bits per heavy atom. The zero-order valence-electron chi connectivity index (χ0n) is 12.2. The fourth-order valence-corrected chi connectivity index (χ4v) is 1.74. The first-order valence-corrected chi connectivity index (χ1v) is 6.94. The van der Waals surface area contributed by atoms with E-state index in [4.69, 9.17) is 10.2 Å². The second-order valence-corrected chi connectivity index (χ2v) is 4.95. The van der Waals surface area contributed by atoms with Gasteiger partial charge in [-0.1, -0.05) is 46.1 Å². The molecule has 104 valence electrons. The Balaban J connectivity index is 0. The van der Waals surface area contributed by atoms with Gasteiger partial charge in [-0.15, -0.1) is 6.58 Å². The van der Waals surface area contributed by atoms with Gasteiger partial charge < -0.3 is 10.2 Å². The lowest BCUT2D eigenvalue weighted by atomic mass is 10.0. The van der Waals surface area contributed by atoms with Gasteiger partial charge in [0.1, 0.15) is 0 Å². The average molecular weight is 244 g/mol. The summed E-state index contributed by atoms with van der Waals surface area (Å²) < 4.78 is 0. The van der Waals surface area contributed by atoms with E-state index in [2.05, 4.69) is 20.4 Å². The summed E-state index contributed by atoms with van der Waals surface area (Å²) in [6, 6.07) is 0. The highest BCUT2D eigenvalue weighted by Crippen LogP contribution is 2.08. The van der Waals surface area contributed by atoms with Crippen LogP contribution in [-0.4, -0.2) is 22.4 Å². The van der Waals surface area contributed by atoms with Gasteiger partial charge in [-0.25, -0.2) is 0 Å². The number of rotatable bonds is 8. The standard InChI is InChI=1S/C8H16.C7H16O2/c1-4-6-8(3)7-5-2;1-3-4-7(9)5-6(2)8/h4,8H,1,5-7H2,2-3H3;6-9H,3-5H2,1-2H3. The van der Waals surface area contributed by atoms with Crippen molar-refractivity contribution >= 4 is 0 Å². The van der Waals surface area contributed by atoms with E-state index < -0.39 is 0 Å². The molecule has 0 aliphatic rings. The molecule has 0 aliphatic carbocycles. The predicted molar refractivity (Wildman–Crippen MR) is 76.1 cm³/mol. The summed E-state index contributed by atoms with van der Waals surface area (Å²) in [7, 11) is 0. The van der Waals surface area contributed by atoms with Gasteiger partial charge in [0, 0.05) is 0 Å². The van der Waals surface area contributed by atoms with Crippen molar-refractivity contribution in [1.29, 1.82) is 0 Å². The van der Waals surface area contributed by atoms with Crippen molar-refractivity contribution in [1.82, 2.24) is 0 Å². The quantitative estimate of drug-likeness (QED) is 0.635. The van der Waals surface area contributed by atoms with Crippen LogP contribution in [-0.2, 0) is 0 Å². The Kier molecular flexibility index (Phi) is 15.3. The smallest absolute Gasteiger partial charge is 0.0564 e. The van der Waals surface area contributed by atoms with Crippen molar-refractivity contribution in [2.75, 3.05) is 0 Å². The third-order valence-electron chi connectivity index (χ3n) is 2.59. The van der Waals surface area contributed by atoms with Crippen molar-refractivity contribution in [3.05, 3.63) is 12.7 Å². The van der Waals surface area contributed by atoms with E-state index >= 15 is 0 Å². The number of allylic oxidation sites excluding steroid dienone is 1. The second-order valence-electron chi connectivity index (χ2n) is 4.95. The van der Waals surface area contributed by atoms with E-state index in [1.54, 1.807) is 6.92 Å². The van der Waals surface area contributed by atoms with Crippen LogP contribution in [0.2, 0.25) is 0 Å². The Bertz CT molecular complexity index is 155. The first kappa shape index (κ1) is 19.0. The molecule has 0 spiro atoms. The molecule has 0 saturated heterocycles. The van der Waals surface area contributed by atoms with Gasteiger partial charge in [-0.2, -0.15) is 0 Å². The van der Waals surface area contributed by atoms with Crippen molar-refractivity contribution in [3.8, 4) is 0 Å². The van der Waals surface area contributed by atoms with Crippen LogP contribution in [0, 0.1) is 5.92 Å². The Morgan fingerprint density at radius 3 is 1.94 bits per heavy atom. The molecule has 0 aliphatic heterocycles. The summed E-state index contributed by atoms with van der Waals surface area (Å²) >= 11 is 0. The van der Waals surface area contributed by atoms with E-state index in [1.165, 1.54) is 19.3 Å². The van der Waals surface area contributed by atoms with Crippen LogP contribution in [0.5, 0.6) is 0 Å². The monoisotopic (exact) mass is 244 g/mol. The third-order valence-corrected chi connectivity index (χ3v) is 2.59. The van der Waals surface area contributed by atoms with Crippen LogP contribution in [0.15, 0.2) is 12.7 Å². The summed E-state index contributed by atoms with van der Waals surface area (Å²) in [5.41, 5.74) is 0. The highest BCUT2D eigenvalue weighted by molar-refractivity contribution is 4.69. The van der Waals surface area contributed by atoms with Crippen LogP contribution >= 0.6 is 0 Å². The van der Waals surface area contributed by atoms with E-state index in [9.17, 15) is 0 Å². The molecule has 0 amide bonds. The minimum absolute atomic E-state index is 0.310. The average Bonchev–Trinajstić information content (AvgIpc) is 2.18. The Hall–Kier alpha value is -0.340. The topological polar surface area (TPSA) is 40.5 Å². The number of hydrogen-bond acceptors (Lipinski definition) is 2. The first-order chi connectivity index (χ1) is 7.97. The van der Waals surface area contributed by atoms with Gasteiger partial charge in [-0.3, -0.25) is 0 Å². The van der Waals surface area contributed by atoms with Crippen LogP contribution in [0.4, 0.5) is 0 Å². The van der Waals surface area contributed by atoms with Crippen molar-refractivity contribution in [2.24, 2.45) is 5.92 Å². The molecule has 2 heteroatoms. The maximum atomic E-state index is 9.06. The van der Waals surface area contributed by atoms with E-state index in [1.807, 2.05) is 13.0 Å². The molecule has 0 rings (SSSR count). The number of hydrogen-bond donors (Lipinski definition) is 2. The SMILES string of the molecule is C=CCC(C)CCC.CCCC(O)CC(C)O. The van der Waals surface area contributed by atoms with Gasteiger partial charge >= 0.3 is 0 Å². The molecule has 0 aromatic rings. The van der Waals surface area contributed by atoms with Crippen LogP contribution in [0.1, 0.15) is 66.2 Å². The zero-order valence-corrected chi connectivity index (χ0v) is 12.2. The van der Waals surface area contributed by atoms with Gasteiger partial charge in [-0.05, 0) is 32.1 Å². The van der Waals surface area contributed by atoms with E-state index in [0.717, 1.165) is 18.8 Å². The highest BCUT2D eigenvalue weighted by atomic mass is 16.3. The molecule has 0 heterocycles. The van der Waals surface area contributed by atoms with Gasteiger partial charge in [0.15, 0.2) is 0 Å². The molecule has 0 aromatic carbocycles. The van der Waals surface area contributed by atoms with Crippen molar-refractivity contribution in [3.63, 3.8) is 0 Å². The van der Waals surface area contributed by atoms with Crippen molar-refractivity contribution in [2.45, 2.75) is 78.4 Å². The van der Waals surface area contributed by atoms with Crippen LogP contribution in [0.25, 0.3) is 0 Å². The third kappa shape index (κ3) is 18.2. The molecule has 2 N–H and O–H groups in total. The van der Waals surface area contributed by atoms with Crippen LogP contribution < -0.4 is 0 Å². The molecule has 0 aromatic heterocycles. The van der Waals surface area contributed by atoms with Gasteiger partial charge in [0.25, 0.3) is 0 Å². The minimum Gasteiger partial charge on any atom is -0.393 e. The van der Waals surface area contributed by atoms with Crippen LogP contribution in [0.3, 0.4) is 0 Å². The maximum absolute atomic E-state index is 9.06. The summed E-state index contributed by atoms with van der Waals surface area (Å²) in [6.45, 7) is 11.9. The molecule has 0 saturated carbocycles. The first-order valence-electron chi connectivity index (χ1n) is 6.94. The van der Waals surface area contributed by atoms with E-state index in [-0.39, 0.29) is 12.2 Å². The molecule has 0 fully saturated rings. The molecule has 0 bridgehead atoms. The molecular formula is C15H32O2. The molecule has 3 unspecified atom stereocenters. The zero-order chi connectivity index (χ0) is 13.7. The van der Waals surface area contributed by atoms with Gasteiger partial charge in [0.2, 0.25) is 0 Å². The fraction of sp³-hybridized carbons (Fsp3) is 0.867. The molecule has 3 atom stereocenters. The summed E-state index contributed by atoms with van der Waals surface area (Å²) in [4.78, 5) is 0. The van der Waals surface area contributed by atoms with E-state index in [0.29, 0.717) is 6.42 Å². The highest BCUT2D eigenvalue weighted by Gasteiger charge is 2.05. The Morgan fingerprint density at radius 1 is 1.06 bits per heavy atom. The fourth-order valence-electron chi connectivity index (χ4n) is 1.74. The largest absolute Gasteiger partial charge is 0.393 e. The lowest BCUT2D eigenvalue weighted by molar-refractivity contribution is 0.0848. The van der Waals surface area contributed by atoms with Gasteiger partial charge in [0.05, 0.1) is 12.2 Å². The molecule has 2 nitrogen and oxygen atoms in total. The Labute approximate surface area is 108 Å². The normalized spacial score (nSPS) is 15.4. The number of aliphatic hydroxyl groups is 2.